The summed E-state index contributed by atoms with van der Waals surface area (Å²) in [6.07, 6.45) is 0.548. The Kier molecular flexibility index (Phi) is 3.83. The maximum absolute atomic E-state index is 11.5. The number of nitrogens with two attached hydrogens (primary N) is 1. The fraction of sp³-hybridized carbons (Fsp3) is 0.333. The van der Waals surface area contributed by atoms with Crippen LogP contribution in [0.3, 0.4) is 0 Å². The van der Waals surface area contributed by atoms with Crippen LogP contribution in [0.15, 0.2) is 21.4 Å². The molecule has 3 nitrogen and oxygen atoms in total. The van der Waals surface area contributed by atoms with Gasteiger partial charge in [0.05, 0.1) is 4.99 Å². The van der Waals surface area contributed by atoms with Crippen molar-refractivity contribution >= 4 is 33.1 Å². The number of halogens is 1. The highest BCUT2D eigenvalue weighted by Crippen LogP contribution is 2.12. The number of pyridine rings is 1. The molecule has 0 radical (unpaired) electrons. The Bertz CT molecular complexity index is 414. The van der Waals surface area contributed by atoms with E-state index in [0.717, 1.165) is 10.2 Å². The molecule has 0 aliphatic heterocycles. The largest absolute Gasteiger partial charge is 0.393 e. The van der Waals surface area contributed by atoms with Gasteiger partial charge in [0.1, 0.15) is 0 Å². The average Bonchev–Trinajstić information content (AvgIpc) is 2.11. The minimum atomic E-state index is -0.0260. The molecule has 0 saturated heterocycles. The van der Waals surface area contributed by atoms with E-state index in [1.807, 2.05) is 6.92 Å². The Balaban J connectivity index is 3.01. The number of thiocarbonyl (C=S) groups is 1. The third-order valence-corrected chi connectivity index (χ3v) is 3.01. The summed E-state index contributed by atoms with van der Waals surface area (Å²) in [5, 5.41) is 0. The second-order valence-electron chi connectivity index (χ2n) is 2.97. The monoisotopic (exact) mass is 274 g/mol. The lowest BCUT2D eigenvalue weighted by Crippen LogP contribution is -2.24. The molecule has 0 atom stereocenters. The minimum Gasteiger partial charge on any atom is -0.393 e. The summed E-state index contributed by atoms with van der Waals surface area (Å²) in [5.41, 5.74) is 6.25. The first-order valence-corrected chi connectivity index (χ1v) is 5.36. The Morgan fingerprint density at radius 2 is 2.29 bits per heavy atom. The zero-order valence-electron chi connectivity index (χ0n) is 7.79. The standard InChI is InChI=1S/C9H11BrN2OS/c1-6-7(10)2-3-9(13)12(6)5-4-8(11)14/h2-3H,4-5H2,1H3,(H2,11,14). The molecule has 14 heavy (non-hydrogen) atoms. The van der Waals surface area contributed by atoms with Gasteiger partial charge in [-0.3, -0.25) is 4.79 Å². The molecule has 0 saturated carbocycles. The summed E-state index contributed by atoms with van der Waals surface area (Å²) in [5.74, 6) is 0. The lowest BCUT2D eigenvalue weighted by Gasteiger charge is -2.09. The van der Waals surface area contributed by atoms with Crippen LogP contribution in [0, 0.1) is 6.92 Å². The Morgan fingerprint density at radius 1 is 1.64 bits per heavy atom. The molecule has 1 rings (SSSR count). The predicted molar refractivity (Wildman–Crippen MR) is 64.5 cm³/mol. The lowest BCUT2D eigenvalue weighted by molar-refractivity contribution is 0.669. The Labute approximate surface area is 96.0 Å². The first-order valence-electron chi connectivity index (χ1n) is 4.16. The molecule has 0 amide bonds. The summed E-state index contributed by atoms with van der Waals surface area (Å²) in [7, 11) is 0. The lowest BCUT2D eigenvalue weighted by atomic mass is 10.3. The molecule has 0 bridgehead atoms. The van der Waals surface area contributed by atoms with E-state index in [-0.39, 0.29) is 5.56 Å². The zero-order valence-corrected chi connectivity index (χ0v) is 10.2. The van der Waals surface area contributed by atoms with Crippen LogP contribution >= 0.6 is 28.1 Å². The summed E-state index contributed by atoms with van der Waals surface area (Å²) in [4.78, 5) is 11.9. The van der Waals surface area contributed by atoms with Gasteiger partial charge in [-0.05, 0) is 28.9 Å². The van der Waals surface area contributed by atoms with Crippen molar-refractivity contribution in [2.24, 2.45) is 5.73 Å². The molecule has 0 aromatic carbocycles. The topological polar surface area (TPSA) is 48.0 Å². The number of nitrogens with zero attached hydrogens (tertiary/aromatic N) is 1. The van der Waals surface area contributed by atoms with E-state index in [1.54, 1.807) is 10.6 Å². The van der Waals surface area contributed by atoms with E-state index in [1.165, 1.54) is 6.07 Å². The van der Waals surface area contributed by atoms with Gasteiger partial charge in [-0.2, -0.15) is 0 Å². The van der Waals surface area contributed by atoms with Crippen molar-refractivity contribution in [3.05, 3.63) is 32.7 Å². The quantitative estimate of drug-likeness (QED) is 0.852. The Hall–Kier alpha value is -0.680. The highest BCUT2D eigenvalue weighted by Gasteiger charge is 2.03. The molecule has 0 unspecified atom stereocenters. The van der Waals surface area contributed by atoms with Gasteiger partial charge in [-0.15, -0.1) is 0 Å². The number of aromatic nitrogens is 1. The number of rotatable bonds is 3. The van der Waals surface area contributed by atoms with Crippen molar-refractivity contribution in [3.63, 3.8) is 0 Å². The van der Waals surface area contributed by atoms with Crippen LogP contribution in [0.2, 0.25) is 0 Å². The van der Waals surface area contributed by atoms with Gasteiger partial charge in [0.2, 0.25) is 0 Å². The molecule has 5 heteroatoms. The first-order chi connectivity index (χ1) is 6.52. The van der Waals surface area contributed by atoms with Gasteiger partial charge in [0.25, 0.3) is 5.56 Å². The average molecular weight is 275 g/mol. The van der Waals surface area contributed by atoms with Crippen molar-refractivity contribution in [2.45, 2.75) is 19.9 Å². The van der Waals surface area contributed by atoms with Crippen molar-refractivity contribution in [1.29, 1.82) is 0 Å². The van der Waals surface area contributed by atoms with Gasteiger partial charge < -0.3 is 10.3 Å². The van der Waals surface area contributed by atoms with E-state index in [2.05, 4.69) is 15.9 Å². The van der Waals surface area contributed by atoms with Crippen LogP contribution in [0.25, 0.3) is 0 Å². The van der Waals surface area contributed by atoms with Gasteiger partial charge in [-0.1, -0.05) is 12.2 Å². The Morgan fingerprint density at radius 3 is 2.86 bits per heavy atom. The molecule has 0 aliphatic carbocycles. The number of hydrogen-bond acceptors (Lipinski definition) is 2. The molecular weight excluding hydrogens is 264 g/mol. The summed E-state index contributed by atoms with van der Waals surface area (Å²) >= 11 is 8.13. The zero-order chi connectivity index (χ0) is 10.7. The third-order valence-electron chi connectivity index (χ3n) is 1.97. The van der Waals surface area contributed by atoms with E-state index >= 15 is 0 Å². The van der Waals surface area contributed by atoms with E-state index in [0.29, 0.717) is 18.0 Å². The maximum Gasteiger partial charge on any atom is 0.250 e. The van der Waals surface area contributed by atoms with Gasteiger partial charge in [0.15, 0.2) is 0 Å². The highest BCUT2D eigenvalue weighted by atomic mass is 79.9. The van der Waals surface area contributed by atoms with E-state index in [4.69, 9.17) is 18.0 Å². The smallest absolute Gasteiger partial charge is 0.250 e. The van der Waals surface area contributed by atoms with Crippen LogP contribution < -0.4 is 11.3 Å². The summed E-state index contributed by atoms with van der Waals surface area (Å²) < 4.78 is 2.57. The van der Waals surface area contributed by atoms with Gasteiger partial charge in [0, 0.05) is 29.2 Å². The van der Waals surface area contributed by atoms with Gasteiger partial charge in [-0.25, -0.2) is 0 Å². The second kappa shape index (κ2) is 4.70. The molecule has 1 heterocycles. The molecule has 0 fully saturated rings. The summed E-state index contributed by atoms with van der Waals surface area (Å²) in [6, 6.07) is 3.27. The molecule has 2 N–H and O–H groups in total. The van der Waals surface area contributed by atoms with Crippen molar-refractivity contribution in [3.8, 4) is 0 Å². The molecule has 76 valence electrons. The molecular formula is C9H11BrN2OS. The highest BCUT2D eigenvalue weighted by molar-refractivity contribution is 9.10. The van der Waals surface area contributed by atoms with Crippen LogP contribution in [0.4, 0.5) is 0 Å². The predicted octanol–water partition coefficient (Wildman–Crippen LogP) is 1.60. The van der Waals surface area contributed by atoms with Crippen LogP contribution in [0.5, 0.6) is 0 Å². The fourth-order valence-corrected chi connectivity index (χ4v) is 1.59. The first kappa shape index (κ1) is 11.4. The maximum atomic E-state index is 11.5. The fourth-order valence-electron chi connectivity index (χ4n) is 1.15. The van der Waals surface area contributed by atoms with Crippen molar-refractivity contribution in [1.82, 2.24) is 4.57 Å². The summed E-state index contributed by atoms with van der Waals surface area (Å²) in [6.45, 7) is 2.42. The molecule has 0 spiro atoms. The molecule has 0 aliphatic rings. The number of hydrogen-bond donors (Lipinski definition) is 1. The van der Waals surface area contributed by atoms with E-state index < -0.39 is 0 Å². The normalized spacial score (nSPS) is 10.1. The van der Waals surface area contributed by atoms with Gasteiger partial charge >= 0.3 is 0 Å². The van der Waals surface area contributed by atoms with E-state index in [9.17, 15) is 4.79 Å². The van der Waals surface area contributed by atoms with Crippen LogP contribution in [-0.4, -0.2) is 9.56 Å². The van der Waals surface area contributed by atoms with Crippen molar-refractivity contribution in [2.75, 3.05) is 0 Å². The SMILES string of the molecule is Cc1c(Br)ccc(=O)n1CCC(N)=S. The minimum absolute atomic E-state index is 0.0260. The van der Waals surface area contributed by atoms with Crippen LogP contribution in [-0.2, 0) is 6.54 Å². The van der Waals surface area contributed by atoms with Crippen molar-refractivity contribution < 1.29 is 0 Å². The molecule has 1 aromatic heterocycles. The second-order valence-corrected chi connectivity index (χ2v) is 4.35. The van der Waals surface area contributed by atoms with Crippen LogP contribution in [0.1, 0.15) is 12.1 Å². The molecule has 1 aromatic rings. The third kappa shape index (κ3) is 2.65.